The number of rotatable bonds is 11. The highest BCUT2D eigenvalue weighted by Gasteiger charge is 2.34. The summed E-state index contributed by atoms with van der Waals surface area (Å²) >= 11 is 0. The smallest absolute Gasteiger partial charge is 0.303 e. The van der Waals surface area contributed by atoms with Crippen LogP contribution in [0.2, 0.25) is 0 Å². The van der Waals surface area contributed by atoms with Gasteiger partial charge in [-0.1, -0.05) is 48.5 Å². The van der Waals surface area contributed by atoms with Crippen molar-refractivity contribution >= 4 is 11.9 Å². The van der Waals surface area contributed by atoms with Gasteiger partial charge >= 0.3 is 5.97 Å². The van der Waals surface area contributed by atoms with E-state index in [1.54, 1.807) is 0 Å². The van der Waals surface area contributed by atoms with E-state index in [9.17, 15) is 19.8 Å². The minimum absolute atomic E-state index is 0.00735. The van der Waals surface area contributed by atoms with E-state index < -0.39 is 12.3 Å². The Morgan fingerprint density at radius 3 is 2.32 bits per heavy atom. The summed E-state index contributed by atoms with van der Waals surface area (Å²) < 4.78 is 12.7. The number of hydrogen-bond acceptors (Lipinski definition) is 7. The average Bonchev–Trinajstić information content (AvgIpc) is 3.31. The fraction of sp³-hybridized carbons (Fsp3) is 0.500. The summed E-state index contributed by atoms with van der Waals surface area (Å²) in [5.41, 5.74) is 3.67. The van der Waals surface area contributed by atoms with Gasteiger partial charge in [-0.3, -0.25) is 14.5 Å². The van der Waals surface area contributed by atoms with Crippen LogP contribution in [0.1, 0.15) is 66.8 Å². The van der Waals surface area contributed by atoms with E-state index in [0.29, 0.717) is 32.5 Å². The number of carboxylic acid groups (broad SMARTS) is 1. The number of nitrogens with one attached hydrogen (secondary N) is 1. The Morgan fingerprint density at radius 2 is 1.68 bits per heavy atom. The molecule has 2 aliphatic rings. The highest BCUT2D eigenvalue weighted by Crippen LogP contribution is 2.38. The topological polar surface area (TPSA) is 129 Å². The molecule has 2 fully saturated rings. The first-order valence-electron chi connectivity index (χ1n) is 12.9. The minimum atomic E-state index is -0.903. The second kappa shape index (κ2) is 13.1. The maximum atomic E-state index is 11.9. The van der Waals surface area contributed by atoms with E-state index in [4.69, 9.17) is 14.6 Å². The van der Waals surface area contributed by atoms with E-state index in [2.05, 4.69) is 10.2 Å². The fourth-order valence-electron chi connectivity index (χ4n) is 4.78. The lowest BCUT2D eigenvalue weighted by atomic mass is 9.99. The molecule has 2 heterocycles. The number of aliphatic hydroxyl groups excluding tert-OH is 2. The van der Waals surface area contributed by atoms with E-state index >= 15 is 0 Å². The second-order valence-corrected chi connectivity index (χ2v) is 9.82. The van der Waals surface area contributed by atoms with Crippen molar-refractivity contribution in [3.8, 4) is 0 Å². The number of ether oxygens (including phenoxy) is 2. The van der Waals surface area contributed by atoms with Crippen molar-refractivity contribution < 1.29 is 34.4 Å². The van der Waals surface area contributed by atoms with Gasteiger partial charge in [-0.05, 0) is 29.5 Å². The van der Waals surface area contributed by atoms with Gasteiger partial charge in [-0.25, -0.2) is 0 Å². The lowest BCUT2D eigenvalue weighted by molar-refractivity contribution is -0.252. The minimum Gasteiger partial charge on any atom is -0.481 e. The molecule has 0 saturated carbocycles. The predicted octanol–water partition coefficient (Wildman–Crippen LogP) is 2.66. The van der Waals surface area contributed by atoms with Crippen LogP contribution in [-0.2, 0) is 32.2 Å². The van der Waals surface area contributed by atoms with Crippen LogP contribution in [0.5, 0.6) is 0 Å². The van der Waals surface area contributed by atoms with Crippen LogP contribution < -0.4 is 5.32 Å². The van der Waals surface area contributed by atoms with Crippen molar-refractivity contribution in [1.82, 2.24) is 10.2 Å². The van der Waals surface area contributed by atoms with Crippen LogP contribution >= 0.6 is 0 Å². The SMILES string of the molecule is O=C(O)CCCC(=O)NCc1ccc([C@@H]2O[C@H](CN3CC[C@H](O)C3)C[C@H](c3ccc(CO)cc3)O2)cc1. The summed E-state index contributed by atoms with van der Waals surface area (Å²) in [6.45, 7) is 2.57. The molecular formula is C28H36N2O7. The number of amides is 1. The van der Waals surface area contributed by atoms with Gasteiger partial charge in [0.2, 0.25) is 5.91 Å². The number of β-amino-alcohol motifs (C(OH)–C–C–N with tert-alkyl or cyclic N) is 1. The molecular weight excluding hydrogens is 476 g/mol. The molecule has 4 N–H and O–H groups in total. The molecule has 2 saturated heterocycles. The summed E-state index contributed by atoms with van der Waals surface area (Å²) in [7, 11) is 0. The van der Waals surface area contributed by atoms with Crippen LogP contribution in [0.25, 0.3) is 0 Å². The molecule has 0 radical (unpaired) electrons. The van der Waals surface area contributed by atoms with Crippen molar-refractivity contribution in [2.45, 2.75) is 69.9 Å². The van der Waals surface area contributed by atoms with Gasteiger partial charge in [-0.2, -0.15) is 0 Å². The van der Waals surface area contributed by atoms with Crippen molar-refractivity contribution in [2.24, 2.45) is 0 Å². The van der Waals surface area contributed by atoms with Crippen LogP contribution in [-0.4, -0.2) is 63.9 Å². The molecule has 9 heteroatoms. The maximum Gasteiger partial charge on any atom is 0.303 e. The average molecular weight is 513 g/mol. The number of hydrogen-bond donors (Lipinski definition) is 4. The number of carboxylic acids is 1. The summed E-state index contributed by atoms with van der Waals surface area (Å²) in [5.74, 6) is -1.07. The van der Waals surface area contributed by atoms with Crippen molar-refractivity contribution in [1.29, 1.82) is 0 Å². The summed E-state index contributed by atoms with van der Waals surface area (Å²) in [4.78, 5) is 24.8. The molecule has 2 aromatic carbocycles. The molecule has 2 aromatic rings. The largest absolute Gasteiger partial charge is 0.481 e. The maximum absolute atomic E-state index is 11.9. The number of carbonyl (C=O) groups excluding carboxylic acids is 1. The first-order chi connectivity index (χ1) is 17.9. The van der Waals surface area contributed by atoms with E-state index in [1.165, 1.54) is 0 Å². The molecule has 0 spiro atoms. The van der Waals surface area contributed by atoms with E-state index in [0.717, 1.165) is 35.2 Å². The molecule has 0 aliphatic carbocycles. The Kier molecular flexibility index (Phi) is 9.65. The molecule has 0 aromatic heterocycles. The van der Waals surface area contributed by atoms with Crippen molar-refractivity contribution in [3.63, 3.8) is 0 Å². The molecule has 9 nitrogen and oxygen atoms in total. The van der Waals surface area contributed by atoms with Crippen molar-refractivity contribution in [3.05, 3.63) is 70.8 Å². The quantitative estimate of drug-likeness (QED) is 0.362. The molecule has 0 unspecified atom stereocenters. The van der Waals surface area contributed by atoms with Gasteiger partial charge in [0.1, 0.15) is 0 Å². The summed E-state index contributed by atoms with van der Waals surface area (Å²) in [6, 6.07) is 15.5. The number of likely N-dealkylation sites (tertiary alicyclic amines) is 1. The lowest BCUT2D eigenvalue weighted by Crippen LogP contribution is -2.38. The van der Waals surface area contributed by atoms with Gasteiger partial charge in [-0.15, -0.1) is 0 Å². The van der Waals surface area contributed by atoms with Crippen LogP contribution in [0.3, 0.4) is 0 Å². The zero-order valence-electron chi connectivity index (χ0n) is 20.9. The normalized spacial score (nSPS) is 24.2. The monoisotopic (exact) mass is 512 g/mol. The van der Waals surface area contributed by atoms with Crippen LogP contribution in [0, 0.1) is 0 Å². The Balaban J connectivity index is 1.39. The Hall–Kier alpha value is -2.82. The highest BCUT2D eigenvalue weighted by atomic mass is 16.7. The zero-order valence-corrected chi connectivity index (χ0v) is 20.9. The van der Waals surface area contributed by atoms with Crippen molar-refractivity contribution in [2.75, 3.05) is 19.6 Å². The first kappa shape index (κ1) is 27.2. The molecule has 1 amide bonds. The lowest BCUT2D eigenvalue weighted by Gasteiger charge is -2.37. The number of aliphatic carboxylic acids is 1. The fourth-order valence-corrected chi connectivity index (χ4v) is 4.78. The standard InChI is InChI=1S/C28H36N2O7/c31-18-20-6-8-21(9-7-20)25-14-24(17-30-13-12-23(32)16-30)36-28(37-25)22-10-4-19(5-11-22)15-29-26(33)2-1-3-27(34)35/h4-11,23-25,28,31-32H,1-3,12-18H2,(H,29,33)(H,34,35)/t23-,24-,25+,28+/m0/s1. The van der Waals surface area contributed by atoms with Crippen LogP contribution in [0.15, 0.2) is 48.5 Å². The third-order valence-electron chi connectivity index (χ3n) is 6.86. The van der Waals surface area contributed by atoms with Gasteiger partial charge in [0.15, 0.2) is 6.29 Å². The first-order valence-corrected chi connectivity index (χ1v) is 12.9. The molecule has 0 bridgehead atoms. The third-order valence-corrected chi connectivity index (χ3v) is 6.86. The predicted molar refractivity (Wildman–Crippen MR) is 135 cm³/mol. The number of benzene rings is 2. The summed E-state index contributed by atoms with van der Waals surface area (Å²) in [5, 5.41) is 30.8. The zero-order chi connectivity index (χ0) is 26.2. The number of aliphatic hydroxyl groups is 2. The second-order valence-electron chi connectivity index (χ2n) is 9.82. The molecule has 2 aliphatic heterocycles. The van der Waals surface area contributed by atoms with Crippen LogP contribution in [0.4, 0.5) is 0 Å². The number of nitrogens with zero attached hydrogens (tertiary/aromatic N) is 1. The Morgan fingerprint density at radius 1 is 0.973 bits per heavy atom. The molecule has 200 valence electrons. The van der Waals surface area contributed by atoms with Gasteiger partial charge in [0.05, 0.1) is 24.9 Å². The Labute approximate surface area is 217 Å². The molecule has 4 rings (SSSR count). The summed E-state index contributed by atoms with van der Waals surface area (Å²) in [6.07, 6.45) is 0.850. The van der Waals surface area contributed by atoms with Gasteiger partial charge in [0, 0.05) is 51.0 Å². The molecule has 4 atom stereocenters. The highest BCUT2D eigenvalue weighted by molar-refractivity contribution is 5.76. The van der Waals surface area contributed by atoms with Gasteiger partial charge < -0.3 is 30.1 Å². The third kappa shape index (κ3) is 8.08. The van der Waals surface area contributed by atoms with E-state index in [1.807, 2.05) is 48.5 Å². The Bertz CT molecular complexity index is 1030. The van der Waals surface area contributed by atoms with E-state index in [-0.39, 0.29) is 43.7 Å². The number of carbonyl (C=O) groups is 2. The molecule has 37 heavy (non-hydrogen) atoms. The van der Waals surface area contributed by atoms with Gasteiger partial charge in [0.25, 0.3) is 0 Å².